The van der Waals surface area contributed by atoms with Gasteiger partial charge in [-0.15, -0.1) is 0 Å². The van der Waals surface area contributed by atoms with Crippen molar-refractivity contribution in [2.75, 3.05) is 13.2 Å². The molecule has 0 aromatic heterocycles. The van der Waals surface area contributed by atoms with Gasteiger partial charge in [-0.2, -0.15) is 0 Å². The van der Waals surface area contributed by atoms with Crippen LogP contribution in [0.25, 0.3) is 0 Å². The zero-order valence-electron chi connectivity index (χ0n) is 13.4. The third kappa shape index (κ3) is 6.95. The van der Waals surface area contributed by atoms with Crippen LogP contribution < -0.4 is 0 Å². The third-order valence-electron chi connectivity index (χ3n) is 3.44. The molecule has 0 bridgehead atoms. The van der Waals surface area contributed by atoms with E-state index in [0.29, 0.717) is 0 Å². The zero-order valence-corrected chi connectivity index (χ0v) is 14.4. The number of carbonyl (C=O) groups is 3. The van der Waals surface area contributed by atoms with Gasteiger partial charge in [-0.1, -0.05) is 20.8 Å². The van der Waals surface area contributed by atoms with Gasteiger partial charge in [0.15, 0.2) is 19.9 Å². The van der Waals surface area contributed by atoms with Crippen molar-refractivity contribution in [2.45, 2.75) is 58.7 Å². The van der Waals surface area contributed by atoms with E-state index in [4.69, 9.17) is 4.43 Å². The Labute approximate surface area is 122 Å². The second kappa shape index (κ2) is 7.69. The number of ether oxygens (including phenoxy) is 1. The van der Waals surface area contributed by atoms with E-state index in [2.05, 4.69) is 25.5 Å². The van der Waals surface area contributed by atoms with E-state index in [1.54, 1.807) is 6.92 Å². The van der Waals surface area contributed by atoms with Gasteiger partial charge in [0, 0.05) is 0 Å². The summed E-state index contributed by atoms with van der Waals surface area (Å²) in [6.07, 6.45) is -0.618. The molecule has 0 fully saturated rings. The van der Waals surface area contributed by atoms with Crippen LogP contribution in [0.4, 0.5) is 0 Å². The molecule has 0 rings (SSSR count). The second-order valence-corrected chi connectivity index (χ2v) is 11.1. The Morgan fingerprint density at radius 3 is 2.00 bits per heavy atom. The molecule has 0 aromatic rings. The average Bonchev–Trinajstić information content (AvgIpc) is 2.24. The van der Waals surface area contributed by atoms with Crippen LogP contribution in [0, 0.1) is 0 Å². The first-order valence-electron chi connectivity index (χ1n) is 6.82. The Morgan fingerprint density at radius 2 is 1.55 bits per heavy atom. The van der Waals surface area contributed by atoms with Crippen molar-refractivity contribution in [1.29, 1.82) is 0 Å². The fourth-order valence-electron chi connectivity index (χ4n) is 1.18. The molecule has 0 aromatic carbocycles. The van der Waals surface area contributed by atoms with Gasteiger partial charge in [-0.05, 0) is 25.1 Å². The number of Topliss-reactive ketones (excluding diaryl/α,β-unsaturated/α-hetero) is 2. The van der Waals surface area contributed by atoms with Gasteiger partial charge in [0.1, 0.15) is 6.42 Å². The summed E-state index contributed by atoms with van der Waals surface area (Å²) in [6, 6.07) is 0. The lowest BCUT2D eigenvalue weighted by Gasteiger charge is -2.35. The Bertz CT molecular complexity index is 368. The summed E-state index contributed by atoms with van der Waals surface area (Å²) < 4.78 is 10.4. The highest BCUT2D eigenvalue weighted by molar-refractivity contribution is 6.74. The van der Waals surface area contributed by atoms with E-state index < -0.39 is 20.1 Å². The van der Waals surface area contributed by atoms with Gasteiger partial charge < -0.3 is 9.16 Å². The maximum Gasteiger partial charge on any atom is 0.313 e. The van der Waals surface area contributed by atoms with Gasteiger partial charge in [0.2, 0.25) is 0 Å². The maximum absolute atomic E-state index is 11.7. The number of esters is 1. The normalized spacial score (nSPS) is 12.1. The van der Waals surface area contributed by atoms with Crippen LogP contribution in [0.15, 0.2) is 0 Å². The fourth-order valence-corrected chi connectivity index (χ4v) is 2.14. The third-order valence-corrected chi connectivity index (χ3v) is 7.92. The largest absolute Gasteiger partial charge is 0.466 e. The first-order valence-corrected chi connectivity index (χ1v) is 9.73. The molecule has 0 N–H and O–H groups in total. The van der Waals surface area contributed by atoms with Crippen LogP contribution in [0.1, 0.15) is 40.5 Å². The topological polar surface area (TPSA) is 69.7 Å². The smallest absolute Gasteiger partial charge is 0.313 e. The van der Waals surface area contributed by atoms with Crippen LogP contribution >= 0.6 is 0 Å². The van der Waals surface area contributed by atoms with Crippen molar-refractivity contribution < 1.29 is 23.5 Å². The van der Waals surface area contributed by atoms with Crippen LogP contribution in [-0.4, -0.2) is 39.1 Å². The summed E-state index contributed by atoms with van der Waals surface area (Å²) >= 11 is 0. The minimum Gasteiger partial charge on any atom is -0.466 e. The van der Waals surface area contributed by atoms with E-state index in [1.165, 1.54) is 0 Å². The quantitative estimate of drug-likeness (QED) is 0.391. The molecule has 0 atom stereocenters. The Hall–Kier alpha value is -1.01. The second-order valence-electron chi connectivity index (χ2n) is 6.28. The zero-order chi connectivity index (χ0) is 16.0. The molecular weight excluding hydrogens is 276 g/mol. The SMILES string of the molecule is CCOC(=O)CC(=O)CC(=O)CO[Si](C)(C)C(C)(C)C. The molecule has 116 valence electrons. The van der Waals surface area contributed by atoms with Gasteiger partial charge in [-0.25, -0.2) is 0 Å². The number of hydrogen-bond acceptors (Lipinski definition) is 5. The van der Waals surface area contributed by atoms with Crippen LogP contribution in [0.2, 0.25) is 18.1 Å². The maximum atomic E-state index is 11.7. The molecule has 0 aliphatic carbocycles. The van der Waals surface area contributed by atoms with E-state index in [-0.39, 0.29) is 36.9 Å². The van der Waals surface area contributed by atoms with Crippen molar-refractivity contribution in [3.63, 3.8) is 0 Å². The molecule has 0 aliphatic heterocycles. The minimum atomic E-state index is -1.99. The lowest BCUT2D eigenvalue weighted by atomic mass is 10.1. The molecule has 0 saturated heterocycles. The van der Waals surface area contributed by atoms with Crippen LogP contribution in [0.5, 0.6) is 0 Å². The Kier molecular flexibility index (Phi) is 7.30. The van der Waals surface area contributed by atoms with Crippen LogP contribution in [0.3, 0.4) is 0 Å². The first kappa shape index (κ1) is 19.0. The standard InChI is InChI=1S/C14H26O5Si/c1-7-18-13(17)9-11(15)8-12(16)10-19-20(5,6)14(2,3)4/h7-10H2,1-6H3. The van der Waals surface area contributed by atoms with Gasteiger partial charge in [0.05, 0.1) is 19.6 Å². The summed E-state index contributed by atoms with van der Waals surface area (Å²) in [5.74, 6) is -1.30. The first-order chi connectivity index (χ1) is 8.99. The molecule has 0 spiro atoms. The highest BCUT2D eigenvalue weighted by Crippen LogP contribution is 2.36. The van der Waals surface area contributed by atoms with E-state index >= 15 is 0 Å². The molecule has 0 radical (unpaired) electrons. The fraction of sp³-hybridized carbons (Fsp3) is 0.786. The molecule has 20 heavy (non-hydrogen) atoms. The molecule has 6 heteroatoms. The number of hydrogen-bond donors (Lipinski definition) is 0. The van der Waals surface area contributed by atoms with E-state index in [9.17, 15) is 14.4 Å². The molecule has 0 unspecified atom stereocenters. The highest BCUT2D eigenvalue weighted by Gasteiger charge is 2.37. The van der Waals surface area contributed by atoms with Crippen molar-refractivity contribution in [3.05, 3.63) is 0 Å². The van der Waals surface area contributed by atoms with Crippen molar-refractivity contribution in [2.24, 2.45) is 0 Å². The lowest BCUT2D eigenvalue weighted by molar-refractivity contribution is -0.145. The summed E-state index contributed by atoms with van der Waals surface area (Å²) in [6.45, 7) is 12.2. The monoisotopic (exact) mass is 302 g/mol. The molecule has 0 amide bonds. The predicted octanol–water partition coefficient (Wildman–Crippen LogP) is 2.49. The molecular formula is C14H26O5Si. The summed E-state index contributed by atoms with van der Waals surface area (Å²) in [7, 11) is -1.99. The van der Waals surface area contributed by atoms with E-state index in [1.807, 2.05) is 13.1 Å². The Balaban J connectivity index is 4.19. The summed E-state index contributed by atoms with van der Waals surface area (Å²) in [5, 5.41) is 0.0161. The van der Waals surface area contributed by atoms with E-state index in [0.717, 1.165) is 0 Å². The van der Waals surface area contributed by atoms with Crippen molar-refractivity contribution in [3.8, 4) is 0 Å². The summed E-state index contributed by atoms with van der Waals surface area (Å²) in [4.78, 5) is 34.3. The predicted molar refractivity (Wildman–Crippen MR) is 79.0 cm³/mol. The van der Waals surface area contributed by atoms with Crippen molar-refractivity contribution in [1.82, 2.24) is 0 Å². The van der Waals surface area contributed by atoms with Gasteiger partial charge in [-0.3, -0.25) is 14.4 Å². The van der Waals surface area contributed by atoms with Gasteiger partial charge in [0.25, 0.3) is 0 Å². The van der Waals surface area contributed by atoms with Crippen molar-refractivity contribution >= 4 is 25.9 Å². The van der Waals surface area contributed by atoms with Gasteiger partial charge >= 0.3 is 5.97 Å². The Morgan fingerprint density at radius 1 is 1.00 bits per heavy atom. The number of ketones is 2. The molecule has 5 nitrogen and oxygen atoms in total. The molecule has 0 aliphatic rings. The minimum absolute atomic E-state index is 0.0161. The van der Waals surface area contributed by atoms with Crippen LogP contribution in [-0.2, 0) is 23.5 Å². The lowest BCUT2D eigenvalue weighted by Crippen LogP contribution is -2.42. The molecule has 0 saturated carbocycles. The number of carbonyl (C=O) groups excluding carboxylic acids is 3. The average molecular weight is 302 g/mol. The highest BCUT2D eigenvalue weighted by atomic mass is 28.4. The molecule has 0 heterocycles. The summed E-state index contributed by atoms with van der Waals surface area (Å²) in [5.41, 5.74) is 0. The number of rotatable bonds is 8.